The van der Waals surface area contributed by atoms with Crippen LogP contribution < -0.4 is 10.5 Å². The molecule has 17 heavy (non-hydrogen) atoms. The highest BCUT2D eigenvalue weighted by Crippen LogP contribution is 2.21. The van der Waals surface area contributed by atoms with Gasteiger partial charge < -0.3 is 5.73 Å². The molecule has 1 aromatic heterocycles. The fourth-order valence-corrected chi connectivity index (χ4v) is 4.06. The van der Waals surface area contributed by atoms with Gasteiger partial charge in [0.05, 0.1) is 4.88 Å². The van der Waals surface area contributed by atoms with Crippen LogP contribution in [0.5, 0.6) is 0 Å². The molecule has 0 saturated carbocycles. The van der Waals surface area contributed by atoms with Crippen LogP contribution in [0, 0.1) is 0 Å². The molecule has 0 aliphatic rings. The van der Waals surface area contributed by atoms with Gasteiger partial charge in [0.25, 0.3) is 0 Å². The van der Waals surface area contributed by atoms with E-state index in [1.165, 1.54) is 6.07 Å². The quantitative estimate of drug-likeness (QED) is 0.785. The van der Waals surface area contributed by atoms with Crippen molar-refractivity contribution in [3.8, 4) is 0 Å². The number of rotatable bonds is 6. The third kappa shape index (κ3) is 4.02. The second-order valence-corrected chi connectivity index (χ2v) is 7.26. The molecule has 0 spiro atoms. The molecule has 0 bridgehead atoms. The predicted octanol–water partition coefficient (Wildman–Crippen LogP) is 1.85. The minimum atomic E-state index is -3.44. The van der Waals surface area contributed by atoms with E-state index in [0.29, 0.717) is 4.88 Å². The van der Waals surface area contributed by atoms with Gasteiger partial charge >= 0.3 is 0 Å². The summed E-state index contributed by atoms with van der Waals surface area (Å²) in [4.78, 5) is 0.835. The van der Waals surface area contributed by atoms with Gasteiger partial charge in [0, 0.05) is 6.04 Å². The Morgan fingerprint density at radius 3 is 2.71 bits per heavy atom. The lowest BCUT2D eigenvalue weighted by Gasteiger charge is -2.11. The van der Waals surface area contributed by atoms with Gasteiger partial charge in [0.15, 0.2) is 0 Å². The van der Waals surface area contributed by atoms with Gasteiger partial charge in [-0.25, -0.2) is 13.1 Å². The average molecular weight is 292 g/mol. The molecule has 1 unspecified atom stereocenters. The predicted molar refractivity (Wildman–Crippen MR) is 74.9 cm³/mol. The monoisotopic (exact) mass is 292 g/mol. The normalized spacial score (nSPS) is 13.5. The van der Waals surface area contributed by atoms with Crippen LogP contribution in [-0.2, 0) is 10.0 Å². The third-order valence-electron chi connectivity index (χ3n) is 2.17. The van der Waals surface area contributed by atoms with E-state index in [2.05, 4.69) is 4.72 Å². The maximum Gasteiger partial charge on any atom is 0.250 e. The molecule has 3 N–H and O–H groups in total. The molecule has 0 radical (unpaired) electrons. The van der Waals surface area contributed by atoms with E-state index in [1.807, 2.05) is 13.8 Å². The number of hydrogen-bond donors (Lipinski definition) is 2. The smallest absolute Gasteiger partial charge is 0.250 e. The maximum absolute atomic E-state index is 12.0. The zero-order chi connectivity index (χ0) is 13.1. The number of thiophene rings is 1. The first-order valence-corrected chi connectivity index (χ1v) is 7.99. The van der Waals surface area contributed by atoms with E-state index >= 15 is 0 Å². The van der Waals surface area contributed by atoms with Gasteiger partial charge in [0.2, 0.25) is 10.0 Å². The van der Waals surface area contributed by atoms with Crippen molar-refractivity contribution < 1.29 is 8.42 Å². The van der Waals surface area contributed by atoms with Crippen LogP contribution in [0.25, 0.3) is 0 Å². The van der Waals surface area contributed by atoms with Gasteiger partial charge in [0.1, 0.15) is 9.20 Å². The Bertz CT molecular complexity index is 493. The number of thiocarbonyl (C=S) groups is 1. The first kappa shape index (κ1) is 14.6. The maximum atomic E-state index is 12.0. The highest BCUT2D eigenvalue weighted by Gasteiger charge is 2.19. The molecule has 0 fully saturated rings. The van der Waals surface area contributed by atoms with Crippen molar-refractivity contribution in [3.63, 3.8) is 0 Å². The third-order valence-corrected chi connectivity index (χ3v) is 5.72. The Balaban J connectivity index is 2.86. The molecular formula is C10H16N2O2S3. The number of nitrogens with two attached hydrogens (primary N) is 1. The van der Waals surface area contributed by atoms with Crippen LogP contribution in [0.4, 0.5) is 0 Å². The molecule has 0 aliphatic carbocycles. The fraction of sp³-hybridized carbons (Fsp3) is 0.500. The zero-order valence-corrected chi connectivity index (χ0v) is 12.2. The topological polar surface area (TPSA) is 72.2 Å². The van der Waals surface area contributed by atoms with Gasteiger partial charge in [-0.05, 0) is 25.5 Å². The zero-order valence-electron chi connectivity index (χ0n) is 9.76. The summed E-state index contributed by atoms with van der Waals surface area (Å²) in [6, 6.07) is 3.09. The number of sulfonamides is 1. The summed E-state index contributed by atoms with van der Waals surface area (Å²) >= 11 is 5.89. The highest BCUT2D eigenvalue weighted by atomic mass is 32.2. The standard InChI is InChI=1S/C10H16N2O2S3/c1-3-4-7(2)12-17(13,14)9-6-5-8(16-9)10(11)15/h5-7,12H,3-4H2,1-2H3,(H2,11,15). The SMILES string of the molecule is CCCC(C)NS(=O)(=O)c1ccc(C(N)=S)s1. The van der Waals surface area contributed by atoms with Crippen molar-refractivity contribution in [3.05, 3.63) is 17.0 Å². The Morgan fingerprint density at radius 1 is 1.59 bits per heavy atom. The summed E-state index contributed by atoms with van der Waals surface area (Å²) in [7, 11) is -3.44. The van der Waals surface area contributed by atoms with E-state index in [4.69, 9.17) is 18.0 Å². The molecule has 0 saturated heterocycles. The molecular weight excluding hydrogens is 276 g/mol. The lowest BCUT2D eigenvalue weighted by molar-refractivity contribution is 0.545. The van der Waals surface area contributed by atoms with Crippen LogP contribution in [0.2, 0.25) is 0 Å². The molecule has 0 aromatic carbocycles. The Morgan fingerprint density at radius 2 is 2.24 bits per heavy atom. The molecule has 1 atom stereocenters. The second kappa shape index (κ2) is 5.90. The average Bonchev–Trinajstić information content (AvgIpc) is 2.65. The van der Waals surface area contributed by atoms with E-state index in [0.717, 1.165) is 24.2 Å². The largest absolute Gasteiger partial charge is 0.389 e. The van der Waals surface area contributed by atoms with Crippen molar-refractivity contribution in [1.82, 2.24) is 4.72 Å². The molecule has 1 rings (SSSR count). The minimum absolute atomic E-state index is 0.0691. The van der Waals surface area contributed by atoms with E-state index in [1.54, 1.807) is 6.07 Å². The lowest BCUT2D eigenvalue weighted by atomic mass is 10.2. The van der Waals surface area contributed by atoms with Gasteiger partial charge in [-0.3, -0.25) is 0 Å². The molecule has 1 aromatic rings. The van der Waals surface area contributed by atoms with Crippen LogP contribution in [0.15, 0.2) is 16.3 Å². The van der Waals surface area contributed by atoms with Crippen molar-refractivity contribution in [1.29, 1.82) is 0 Å². The Hall–Kier alpha value is -0.500. The van der Waals surface area contributed by atoms with Crippen molar-refractivity contribution in [2.45, 2.75) is 36.9 Å². The van der Waals surface area contributed by atoms with Crippen LogP contribution in [-0.4, -0.2) is 19.4 Å². The summed E-state index contributed by atoms with van der Waals surface area (Å²) < 4.78 is 26.8. The van der Waals surface area contributed by atoms with E-state index < -0.39 is 10.0 Å². The van der Waals surface area contributed by atoms with Gasteiger partial charge in [-0.1, -0.05) is 25.6 Å². The Kier molecular flexibility index (Phi) is 5.05. The van der Waals surface area contributed by atoms with Gasteiger partial charge in [-0.2, -0.15) is 0 Å². The second-order valence-electron chi connectivity index (χ2n) is 3.79. The number of nitrogens with one attached hydrogen (secondary N) is 1. The molecule has 4 nitrogen and oxygen atoms in total. The first-order chi connectivity index (χ1) is 7.86. The molecule has 96 valence electrons. The molecule has 1 heterocycles. The first-order valence-electron chi connectivity index (χ1n) is 5.28. The molecule has 0 amide bonds. The van der Waals surface area contributed by atoms with Crippen molar-refractivity contribution >= 4 is 38.6 Å². The summed E-state index contributed by atoms with van der Waals surface area (Å²) in [5, 5.41) is 0. The van der Waals surface area contributed by atoms with E-state index in [-0.39, 0.29) is 15.2 Å². The number of hydrogen-bond acceptors (Lipinski definition) is 4. The lowest BCUT2D eigenvalue weighted by Crippen LogP contribution is -2.31. The van der Waals surface area contributed by atoms with Crippen LogP contribution in [0.3, 0.4) is 0 Å². The summed E-state index contributed by atoms with van der Waals surface area (Å²) in [6.45, 7) is 3.87. The fourth-order valence-electron chi connectivity index (χ4n) is 1.41. The van der Waals surface area contributed by atoms with Crippen LogP contribution in [0.1, 0.15) is 31.6 Å². The highest BCUT2D eigenvalue weighted by molar-refractivity contribution is 7.91. The summed E-state index contributed by atoms with van der Waals surface area (Å²) in [5.74, 6) is 0. The summed E-state index contributed by atoms with van der Waals surface area (Å²) in [6.07, 6.45) is 1.75. The van der Waals surface area contributed by atoms with Crippen LogP contribution >= 0.6 is 23.6 Å². The van der Waals surface area contributed by atoms with Gasteiger partial charge in [-0.15, -0.1) is 11.3 Å². The Labute approximate surface area is 111 Å². The minimum Gasteiger partial charge on any atom is -0.389 e. The molecule has 0 aliphatic heterocycles. The van der Waals surface area contributed by atoms with E-state index in [9.17, 15) is 8.42 Å². The van der Waals surface area contributed by atoms with Crippen molar-refractivity contribution in [2.75, 3.05) is 0 Å². The van der Waals surface area contributed by atoms with Crippen molar-refractivity contribution in [2.24, 2.45) is 5.73 Å². The molecule has 7 heteroatoms. The summed E-state index contributed by atoms with van der Waals surface area (Å²) in [5.41, 5.74) is 5.45.